The SMILES string of the molecule is CCO[Si](CCCNC(=O)NCCC(=O)NCCC(=O)NCCC(=O)NCCC(=O)NCCCC[C@@H]1NC(=O)[C@@H](Cc2ccccc2)NC(=O)[C@H](CC(=O)O)NC(=O)CNC(=O)[C@H](CCCN=C(N)N)NC1=O)(OCC)OCC. The van der Waals surface area contributed by atoms with Crippen LogP contribution in [0.15, 0.2) is 35.3 Å². The van der Waals surface area contributed by atoms with Gasteiger partial charge in [-0.15, -0.1) is 0 Å². The van der Waals surface area contributed by atoms with Crippen LogP contribution in [0.5, 0.6) is 0 Å². The molecule has 0 spiro atoms. The Bertz CT molecular complexity index is 2160. The Labute approximate surface area is 460 Å². The number of carboxylic acids is 1. The van der Waals surface area contributed by atoms with Gasteiger partial charge in [0.25, 0.3) is 0 Å². The van der Waals surface area contributed by atoms with Gasteiger partial charge in [-0.05, 0) is 64.9 Å². The van der Waals surface area contributed by atoms with Gasteiger partial charge in [-0.2, -0.15) is 0 Å². The summed E-state index contributed by atoms with van der Waals surface area (Å²) in [4.78, 5) is 145. The Kier molecular flexibility index (Phi) is 33.4. The fourth-order valence-electron chi connectivity index (χ4n) is 7.70. The molecular weight excluding hydrogens is 1050 g/mol. The van der Waals surface area contributed by atoms with Gasteiger partial charge in [0.2, 0.25) is 53.2 Å². The van der Waals surface area contributed by atoms with Crippen LogP contribution in [-0.2, 0) is 67.6 Å². The molecule has 442 valence electrons. The molecule has 0 aliphatic carbocycles. The number of nitrogens with one attached hydrogen (secondary N) is 11. The van der Waals surface area contributed by atoms with Crippen LogP contribution in [0, 0.1) is 0 Å². The van der Waals surface area contributed by atoms with Crippen LogP contribution in [0.1, 0.15) is 97.0 Å². The third-order valence-electron chi connectivity index (χ3n) is 11.5. The van der Waals surface area contributed by atoms with Crippen molar-refractivity contribution in [1.29, 1.82) is 0 Å². The number of carbonyl (C=O) groups is 11. The summed E-state index contributed by atoms with van der Waals surface area (Å²) in [5, 5.41) is 37.9. The fourth-order valence-corrected chi connectivity index (χ4v) is 10.3. The normalized spacial score (nSPS) is 17.1. The number of hydrogen-bond donors (Lipinski definition) is 14. The number of urea groups is 1. The number of aliphatic imine (C=N–C) groups is 1. The Morgan fingerprint density at radius 1 is 0.582 bits per heavy atom. The minimum absolute atomic E-state index is 0.00208. The highest BCUT2D eigenvalue weighted by Crippen LogP contribution is 2.18. The number of guanidine groups is 1. The average molecular weight is 1140 g/mol. The van der Waals surface area contributed by atoms with Crippen LogP contribution in [0.4, 0.5) is 4.79 Å². The van der Waals surface area contributed by atoms with E-state index in [0.29, 0.717) is 50.8 Å². The molecule has 1 aromatic rings. The van der Waals surface area contributed by atoms with Crippen molar-refractivity contribution in [3.63, 3.8) is 0 Å². The van der Waals surface area contributed by atoms with Crippen LogP contribution in [0.2, 0.25) is 6.04 Å². The Morgan fingerprint density at radius 2 is 1.04 bits per heavy atom. The molecule has 1 heterocycles. The molecule has 30 heteroatoms. The summed E-state index contributed by atoms with van der Waals surface area (Å²) in [7, 11) is -2.81. The second kappa shape index (κ2) is 39.0. The van der Waals surface area contributed by atoms with Gasteiger partial charge in [-0.25, -0.2) is 4.79 Å². The second-order valence-corrected chi connectivity index (χ2v) is 20.7. The Hall–Kier alpha value is -7.44. The number of nitrogens with zero attached hydrogens (tertiary/aromatic N) is 1. The predicted molar refractivity (Wildman–Crippen MR) is 289 cm³/mol. The Balaban J connectivity index is 1.83. The van der Waals surface area contributed by atoms with Crippen LogP contribution in [0.25, 0.3) is 0 Å². The Morgan fingerprint density at radius 3 is 1.57 bits per heavy atom. The van der Waals surface area contributed by atoms with E-state index in [4.69, 9.17) is 24.7 Å². The van der Waals surface area contributed by atoms with Gasteiger partial charge >= 0.3 is 20.8 Å². The highest BCUT2D eigenvalue weighted by atomic mass is 28.4. The van der Waals surface area contributed by atoms with Crippen molar-refractivity contribution in [3.8, 4) is 0 Å². The number of nitrogens with two attached hydrogens (primary N) is 2. The number of benzene rings is 1. The van der Waals surface area contributed by atoms with Crippen molar-refractivity contribution in [2.24, 2.45) is 16.5 Å². The standard InChI is InChI=1S/C49H82N14O15Si/c1-4-76-79(77-5-2,78-6-3)29-13-24-57-49(75)58-28-21-41(67)55-27-20-40(66)54-26-19-39(65)53-25-18-38(64)52-22-11-10-16-35-45(72)61-34(17-12-23-56-48(50)51)44(71)59-32-42(68)60-37(31-43(69)70)47(74)63-36(46(73)62-35)30-33-14-8-7-9-15-33/h7-9,14-15,34-37H,4-6,10-13,16-32H2,1-3H3,(H,52,64)(H,53,65)(H,54,66)(H,55,67)(H,59,71)(H,60,68)(H,61,72)(H,62,73)(H,63,74)(H,69,70)(H4,50,51,56)(H2,57,58,75)/t34-,35-,36+,37-/m0/s1. The van der Waals surface area contributed by atoms with Crippen molar-refractivity contribution in [2.45, 2.75) is 128 Å². The molecule has 1 aromatic carbocycles. The van der Waals surface area contributed by atoms with Crippen molar-refractivity contribution in [1.82, 2.24) is 58.5 Å². The molecule has 0 bridgehead atoms. The van der Waals surface area contributed by atoms with E-state index in [2.05, 4.69) is 63.5 Å². The minimum Gasteiger partial charge on any atom is -0.481 e. The molecule has 11 amide bonds. The molecule has 0 radical (unpaired) electrons. The summed E-state index contributed by atoms with van der Waals surface area (Å²) in [6, 6.07) is 3.12. The summed E-state index contributed by atoms with van der Waals surface area (Å²) in [6.07, 6.45) is 0.224. The zero-order valence-electron chi connectivity index (χ0n) is 45.4. The third-order valence-corrected chi connectivity index (χ3v) is 14.7. The molecule has 1 aliphatic rings. The second-order valence-electron chi connectivity index (χ2n) is 17.9. The monoisotopic (exact) mass is 1130 g/mol. The molecule has 1 aliphatic heterocycles. The van der Waals surface area contributed by atoms with E-state index in [0.717, 1.165) is 0 Å². The lowest BCUT2D eigenvalue weighted by Gasteiger charge is -2.28. The van der Waals surface area contributed by atoms with E-state index in [9.17, 15) is 57.8 Å². The quantitative estimate of drug-likeness (QED) is 0.0137. The van der Waals surface area contributed by atoms with Gasteiger partial charge < -0.3 is 88.3 Å². The maximum absolute atomic E-state index is 14.0. The van der Waals surface area contributed by atoms with Crippen LogP contribution >= 0.6 is 0 Å². The summed E-state index contributed by atoms with van der Waals surface area (Å²) in [5.41, 5.74) is 11.5. The highest BCUT2D eigenvalue weighted by Gasteiger charge is 2.40. The van der Waals surface area contributed by atoms with Gasteiger partial charge in [0.05, 0.1) is 13.0 Å². The molecule has 16 N–H and O–H groups in total. The van der Waals surface area contributed by atoms with E-state index in [1.54, 1.807) is 30.3 Å². The maximum atomic E-state index is 14.0. The third kappa shape index (κ3) is 30.3. The summed E-state index contributed by atoms with van der Waals surface area (Å²) < 4.78 is 17.4. The molecule has 1 fully saturated rings. The van der Waals surface area contributed by atoms with Crippen molar-refractivity contribution < 1.29 is 71.1 Å². The van der Waals surface area contributed by atoms with Crippen molar-refractivity contribution in [2.75, 3.05) is 72.2 Å². The number of rotatable bonds is 35. The first-order chi connectivity index (χ1) is 37.8. The molecule has 1 saturated heterocycles. The molecular formula is C49H82N14O15Si. The molecule has 0 saturated carbocycles. The van der Waals surface area contributed by atoms with Gasteiger partial charge in [-0.1, -0.05) is 30.3 Å². The lowest BCUT2D eigenvalue weighted by molar-refractivity contribution is -0.141. The number of carboxylic acid groups (broad SMARTS) is 1. The zero-order valence-corrected chi connectivity index (χ0v) is 46.4. The van der Waals surface area contributed by atoms with Gasteiger partial charge in [0, 0.05) is 104 Å². The number of carbonyl (C=O) groups excluding carboxylic acids is 10. The van der Waals surface area contributed by atoms with Gasteiger partial charge in [0.15, 0.2) is 5.96 Å². The van der Waals surface area contributed by atoms with Gasteiger partial charge in [-0.3, -0.25) is 52.9 Å². The highest BCUT2D eigenvalue weighted by molar-refractivity contribution is 6.60. The summed E-state index contributed by atoms with van der Waals surface area (Å²) in [6.45, 7) is 7.00. The smallest absolute Gasteiger partial charge is 0.481 e. The van der Waals surface area contributed by atoms with E-state index in [-0.39, 0.29) is 109 Å². The molecule has 0 unspecified atom stereocenters. The first-order valence-corrected chi connectivity index (χ1v) is 28.5. The maximum Gasteiger partial charge on any atom is 0.500 e. The van der Waals surface area contributed by atoms with E-state index in [1.165, 1.54) is 0 Å². The summed E-state index contributed by atoms with van der Waals surface area (Å²) in [5.74, 6) is -7.49. The summed E-state index contributed by atoms with van der Waals surface area (Å²) >= 11 is 0. The van der Waals surface area contributed by atoms with Crippen LogP contribution < -0.4 is 70.0 Å². The fraction of sp³-hybridized carbons (Fsp3) is 0.633. The minimum atomic E-state index is -2.81. The lowest BCUT2D eigenvalue weighted by atomic mass is 10.0. The van der Waals surface area contributed by atoms with Crippen LogP contribution in [-0.4, -0.2) is 181 Å². The molecule has 0 aromatic heterocycles. The van der Waals surface area contributed by atoms with E-state index < -0.39 is 105 Å². The van der Waals surface area contributed by atoms with Crippen LogP contribution in [0.3, 0.4) is 0 Å². The topological polar surface area (TPSA) is 432 Å². The molecule has 4 atom stereocenters. The molecule has 29 nitrogen and oxygen atoms in total. The first-order valence-electron chi connectivity index (χ1n) is 26.6. The number of hydrogen-bond acceptors (Lipinski definition) is 15. The van der Waals surface area contributed by atoms with Gasteiger partial charge in [0.1, 0.15) is 24.2 Å². The van der Waals surface area contributed by atoms with E-state index >= 15 is 0 Å². The first kappa shape index (κ1) is 67.7. The lowest BCUT2D eigenvalue weighted by Crippen LogP contribution is -2.58. The molecule has 79 heavy (non-hydrogen) atoms. The van der Waals surface area contributed by atoms with Crippen molar-refractivity contribution >= 4 is 79.9 Å². The predicted octanol–water partition coefficient (Wildman–Crippen LogP) is -3.24. The average Bonchev–Trinajstić information content (AvgIpc) is 3.40. The zero-order chi connectivity index (χ0) is 58.4. The largest absolute Gasteiger partial charge is 0.500 e. The molecule has 2 rings (SSSR count). The van der Waals surface area contributed by atoms with E-state index in [1.807, 2.05) is 20.8 Å². The number of amides is 11. The van der Waals surface area contributed by atoms with Crippen molar-refractivity contribution in [3.05, 3.63) is 35.9 Å². The number of aliphatic carboxylic acids is 1. The number of unbranched alkanes of at least 4 members (excludes halogenated alkanes) is 1.